The molecule has 6 heteroatoms. The molecule has 2 rings (SSSR count). The molecule has 1 N–H and O–H groups in total. The predicted octanol–water partition coefficient (Wildman–Crippen LogP) is -0.330. The second kappa shape index (κ2) is 6.20. The van der Waals surface area contributed by atoms with E-state index in [1.807, 2.05) is 12.1 Å². The molecule has 0 aromatic carbocycles. The molecule has 1 aliphatic heterocycles. The predicted molar refractivity (Wildman–Crippen MR) is 64.6 cm³/mol. The Labute approximate surface area is 106 Å². The summed E-state index contributed by atoms with van der Waals surface area (Å²) in [6, 6.07) is 3.68. The maximum absolute atomic E-state index is 11.8. The van der Waals surface area contributed by atoms with Gasteiger partial charge in [0.25, 0.3) is 0 Å². The summed E-state index contributed by atoms with van der Waals surface area (Å²) in [7, 11) is 0. The molecule has 0 unspecified atom stereocenters. The summed E-state index contributed by atoms with van der Waals surface area (Å²) in [4.78, 5) is 25.8. The van der Waals surface area contributed by atoms with Gasteiger partial charge in [-0.1, -0.05) is 0 Å². The summed E-state index contributed by atoms with van der Waals surface area (Å²) < 4.78 is 5.16. The Morgan fingerprint density at radius 2 is 2.17 bits per heavy atom. The first-order valence-corrected chi connectivity index (χ1v) is 6.00. The van der Waals surface area contributed by atoms with Crippen LogP contribution in [0, 0.1) is 0 Å². The number of furan rings is 1. The largest absolute Gasteiger partial charge is 0.468 e. The third kappa shape index (κ3) is 3.33. The van der Waals surface area contributed by atoms with Crippen molar-refractivity contribution < 1.29 is 14.0 Å². The highest BCUT2D eigenvalue weighted by molar-refractivity contribution is 5.78. The molecule has 0 aliphatic carbocycles. The van der Waals surface area contributed by atoms with Gasteiger partial charge in [-0.3, -0.25) is 9.59 Å². The van der Waals surface area contributed by atoms with Crippen LogP contribution < -0.4 is 5.32 Å². The number of nitrogens with zero attached hydrogens (tertiary/aromatic N) is 2. The number of carbonyl (C=O) groups is 2. The zero-order valence-electron chi connectivity index (χ0n) is 10.2. The molecule has 1 aromatic rings. The molecule has 0 saturated carbocycles. The van der Waals surface area contributed by atoms with Crippen molar-refractivity contribution in [3.8, 4) is 0 Å². The van der Waals surface area contributed by atoms with E-state index in [2.05, 4.69) is 5.32 Å². The molecule has 1 aliphatic rings. The maximum Gasteiger partial charge on any atom is 0.236 e. The minimum Gasteiger partial charge on any atom is -0.468 e. The van der Waals surface area contributed by atoms with Crippen LogP contribution in [0.15, 0.2) is 22.8 Å². The number of hydrogen-bond acceptors (Lipinski definition) is 4. The topological polar surface area (TPSA) is 65.8 Å². The number of rotatable bonds is 5. The zero-order valence-corrected chi connectivity index (χ0v) is 10.2. The summed E-state index contributed by atoms with van der Waals surface area (Å²) in [5.74, 6) is 0.876. The SMILES string of the molecule is O=CN1CCN(C(=O)CNCc2ccco2)CC1. The van der Waals surface area contributed by atoms with Gasteiger partial charge in [-0.15, -0.1) is 0 Å². The van der Waals surface area contributed by atoms with Crippen molar-refractivity contribution in [2.24, 2.45) is 0 Å². The number of amides is 2. The Bertz CT molecular complexity index is 383. The number of nitrogens with one attached hydrogen (secondary N) is 1. The highest BCUT2D eigenvalue weighted by Crippen LogP contribution is 2.01. The van der Waals surface area contributed by atoms with Crippen LogP contribution in [0.1, 0.15) is 5.76 Å². The first kappa shape index (κ1) is 12.6. The van der Waals surface area contributed by atoms with Crippen molar-refractivity contribution in [2.75, 3.05) is 32.7 Å². The molecule has 2 heterocycles. The van der Waals surface area contributed by atoms with Crippen LogP contribution in [-0.4, -0.2) is 54.8 Å². The lowest BCUT2D eigenvalue weighted by Gasteiger charge is -2.32. The van der Waals surface area contributed by atoms with E-state index in [0.29, 0.717) is 39.3 Å². The number of piperazine rings is 1. The van der Waals surface area contributed by atoms with Crippen molar-refractivity contribution in [1.82, 2.24) is 15.1 Å². The van der Waals surface area contributed by atoms with Crippen LogP contribution in [0.4, 0.5) is 0 Å². The van der Waals surface area contributed by atoms with E-state index >= 15 is 0 Å². The molecular formula is C12H17N3O3. The lowest BCUT2D eigenvalue weighted by atomic mass is 10.3. The summed E-state index contributed by atoms with van der Waals surface area (Å²) in [5, 5.41) is 3.04. The first-order valence-electron chi connectivity index (χ1n) is 6.00. The van der Waals surface area contributed by atoms with Crippen molar-refractivity contribution in [1.29, 1.82) is 0 Å². The lowest BCUT2D eigenvalue weighted by molar-refractivity contribution is -0.134. The third-order valence-corrected chi connectivity index (χ3v) is 2.97. The van der Waals surface area contributed by atoms with E-state index in [4.69, 9.17) is 4.42 Å². The molecule has 1 aromatic heterocycles. The Morgan fingerprint density at radius 3 is 2.78 bits per heavy atom. The highest BCUT2D eigenvalue weighted by Gasteiger charge is 2.19. The Balaban J connectivity index is 1.67. The van der Waals surface area contributed by atoms with Gasteiger partial charge in [0, 0.05) is 26.2 Å². The van der Waals surface area contributed by atoms with E-state index in [9.17, 15) is 9.59 Å². The monoisotopic (exact) mass is 251 g/mol. The Kier molecular flexibility index (Phi) is 4.35. The van der Waals surface area contributed by atoms with Gasteiger partial charge < -0.3 is 19.5 Å². The fraction of sp³-hybridized carbons (Fsp3) is 0.500. The zero-order chi connectivity index (χ0) is 12.8. The highest BCUT2D eigenvalue weighted by atomic mass is 16.3. The van der Waals surface area contributed by atoms with Crippen molar-refractivity contribution in [3.63, 3.8) is 0 Å². The Hall–Kier alpha value is -1.82. The molecule has 6 nitrogen and oxygen atoms in total. The molecule has 98 valence electrons. The summed E-state index contributed by atoms with van der Waals surface area (Å²) in [6.45, 7) is 3.30. The van der Waals surface area contributed by atoms with Gasteiger partial charge in [-0.05, 0) is 12.1 Å². The first-order chi connectivity index (χ1) is 8.79. The fourth-order valence-electron chi connectivity index (χ4n) is 1.89. The van der Waals surface area contributed by atoms with Crippen LogP contribution in [-0.2, 0) is 16.1 Å². The minimum atomic E-state index is 0.0621. The third-order valence-electron chi connectivity index (χ3n) is 2.97. The molecule has 18 heavy (non-hydrogen) atoms. The van der Waals surface area contributed by atoms with E-state index in [0.717, 1.165) is 12.2 Å². The van der Waals surface area contributed by atoms with Gasteiger partial charge in [0.2, 0.25) is 12.3 Å². The second-order valence-corrected chi connectivity index (χ2v) is 4.21. The van der Waals surface area contributed by atoms with Crippen molar-refractivity contribution in [3.05, 3.63) is 24.2 Å². The second-order valence-electron chi connectivity index (χ2n) is 4.21. The fourth-order valence-corrected chi connectivity index (χ4v) is 1.89. The van der Waals surface area contributed by atoms with Gasteiger partial charge >= 0.3 is 0 Å². The van der Waals surface area contributed by atoms with Gasteiger partial charge in [0.15, 0.2) is 0 Å². The van der Waals surface area contributed by atoms with Crippen molar-refractivity contribution >= 4 is 12.3 Å². The lowest BCUT2D eigenvalue weighted by Crippen LogP contribution is -2.50. The van der Waals surface area contributed by atoms with E-state index < -0.39 is 0 Å². The quantitative estimate of drug-likeness (QED) is 0.728. The van der Waals surface area contributed by atoms with Crippen LogP contribution in [0.5, 0.6) is 0 Å². The Morgan fingerprint density at radius 1 is 1.39 bits per heavy atom. The average Bonchev–Trinajstić information content (AvgIpc) is 2.92. The minimum absolute atomic E-state index is 0.0621. The molecule has 0 radical (unpaired) electrons. The number of carbonyl (C=O) groups excluding carboxylic acids is 2. The molecule has 1 fully saturated rings. The molecule has 1 saturated heterocycles. The van der Waals surface area contributed by atoms with Gasteiger partial charge in [-0.25, -0.2) is 0 Å². The van der Waals surface area contributed by atoms with E-state index in [1.165, 1.54) is 0 Å². The maximum atomic E-state index is 11.8. The van der Waals surface area contributed by atoms with Gasteiger partial charge in [0.05, 0.1) is 19.4 Å². The molecule has 2 amide bonds. The van der Waals surface area contributed by atoms with Gasteiger partial charge in [-0.2, -0.15) is 0 Å². The van der Waals surface area contributed by atoms with Crippen LogP contribution in [0.3, 0.4) is 0 Å². The van der Waals surface area contributed by atoms with Crippen molar-refractivity contribution in [2.45, 2.75) is 6.54 Å². The molecular weight excluding hydrogens is 234 g/mol. The van der Waals surface area contributed by atoms with Crippen LogP contribution in [0.2, 0.25) is 0 Å². The summed E-state index contributed by atoms with van der Waals surface area (Å²) in [6.07, 6.45) is 2.44. The van der Waals surface area contributed by atoms with Crippen LogP contribution >= 0.6 is 0 Å². The van der Waals surface area contributed by atoms with Gasteiger partial charge in [0.1, 0.15) is 5.76 Å². The van der Waals surface area contributed by atoms with Crippen LogP contribution in [0.25, 0.3) is 0 Å². The van der Waals surface area contributed by atoms with E-state index in [-0.39, 0.29) is 5.91 Å². The summed E-state index contributed by atoms with van der Waals surface area (Å²) >= 11 is 0. The molecule has 0 spiro atoms. The van der Waals surface area contributed by atoms with E-state index in [1.54, 1.807) is 16.1 Å². The average molecular weight is 251 g/mol. The normalized spacial score (nSPS) is 15.8. The molecule has 0 atom stereocenters. The summed E-state index contributed by atoms with van der Waals surface area (Å²) in [5.41, 5.74) is 0. The smallest absolute Gasteiger partial charge is 0.236 e. The standard InChI is InChI=1S/C12H17N3O3/c16-10-14-3-5-15(6-4-14)12(17)9-13-8-11-2-1-7-18-11/h1-2,7,10,13H,3-6,8-9H2. The molecule has 0 bridgehead atoms. The number of hydrogen-bond donors (Lipinski definition) is 1.